The quantitative estimate of drug-likeness (QED) is 0.205. The highest BCUT2D eigenvalue weighted by atomic mass is 35.5. The molecule has 0 fully saturated rings. The van der Waals surface area contributed by atoms with Gasteiger partial charge in [0.1, 0.15) is 11.5 Å². The van der Waals surface area contributed by atoms with Crippen LogP contribution in [0, 0.1) is 0 Å². The summed E-state index contributed by atoms with van der Waals surface area (Å²) < 4.78 is 21.9. The van der Waals surface area contributed by atoms with Crippen LogP contribution in [0.15, 0.2) is 72.8 Å². The molecular weight excluding hydrogens is 488 g/mol. The summed E-state index contributed by atoms with van der Waals surface area (Å²) in [6.45, 7) is 5.79. The fourth-order valence-corrected chi connectivity index (χ4v) is 4.10. The molecule has 0 aliphatic carbocycles. The first-order valence-electron chi connectivity index (χ1n) is 12.5. The minimum absolute atomic E-state index is 0. The number of rotatable bonds is 15. The predicted molar refractivity (Wildman–Crippen MR) is 153 cm³/mol. The zero-order valence-electron chi connectivity index (χ0n) is 21.6. The highest BCUT2D eigenvalue weighted by molar-refractivity contribution is 5.86. The molecule has 4 aromatic rings. The highest BCUT2D eigenvalue weighted by Gasteiger charge is 2.01. The summed E-state index contributed by atoms with van der Waals surface area (Å²) in [6, 6.07) is 25.3. The Balaban J connectivity index is 0.00000380. The van der Waals surface area contributed by atoms with Crippen molar-refractivity contribution in [2.75, 3.05) is 53.7 Å². The van der Waals surface area contributed by atoms with E-state index in [-0.39, 0.29) is 12.4 Å². The van der Waals surface area contributed by atoms with Crippen molar-refractivity contribution in [3.05, 3.63) is 83.9 Å². The van der Waals surface area contributed by atoms with E-state index in [1.54, 1.807) is 14.2 Å². The van der Waals surface area contributed by atoms with Crippen molar-refractivity contribution in [2.24, 2.45) is 0 Å². The minimum atomic E-state index is 0. The van der Waals surface area contributed by atoms with Gasteiger partial charge in [-0.3, -0.25) is 0 Å². The van der Waals surface area contributed by atoms with Crippen LogP contribution in [0.4, 0.5) is 0 Å². The molecule has 37 heavy (non-hydrogen) atoms. The first-order chi connectivity index (χ1) is 17.7. The van der Waals surface area contributed by atoms with E-state index in [1.165, 1.54) is 32.7 Å². The summed E-state index contributed by atoms with van der Waals surface area (Å²) in [5, 5.41) is 11.7. The van der Waals surface area contributed by atoms with Gasteiger partial charge in [0.05, 0.1) is 40.6 Å². The number of nitrogens with one attached hydrogen (secondary N) is 2. The van der Waals surface area contributed by atoms with Crippen molar-refractivity contribution in [3.8, 4) is 11.5 Å². The second kappa shape index (κ2) is 15.4. The van der Waals surface area contributed by atoms with E-state index < -0.39 is 0 Å². The summed E-state index contributed by atoms with van der Waals surface area (Å²) in [7, 11) is 3.38. The van der Waals surface area contributed by atoms with E-state index in [0.717, 1.165) is 37.7 Å². The van der Waals surface area contributed by atoms with E-state index in [9.17, 15) is 0 Å². The highest BCUT2D eigenvalue weighted by Crippen LogP contribution is 2.22. The van der Waals surface area contributed by atoms with Gasteiger partial charge in [0.25, 0.3) is 0 Å². The molecule has 0 spiro atoms. The monoisotopic (exact) mass is 524 g/mol. The number of hydrogen-bond donors (Lipinski definition) is 2. The molecule has 0 saturated carbocycles. The Kier molecular flexibility index (Phi) is 11.9. The molecule has 4 rings (SSSR count). The zero-order valence-corrected chi connectivity index (χ0v) is 22.4. The molecule has 0 bridgehead atoms. The van der Waals surface area contributed by atoms with Crippen molar-refractivity contribution >= 4 is 34.0 Å². The second-order valence-corrected chi connectivity index (χ2v) is 8.67. The van der Waals surface area contributed by atoms with E-state index >= 15 is 0 Å². The molecule has 4 aromatic carbocycles. The fraction of sp³-hybridized carbons (Fsp3) is 0.333. The number of hydrogen-bond acceptors (Lipinski definition) is 6. The third-order valence-corrected chi connectivity index (χ3v) is 6.10. The van der Waals surface area contributed by atoms with Gasteiger partial charge >= 0.3 is 0 Å². The van der Waals surface area contributed by atoms with E-state index in [0.29, 0.717) is 26.4 Å². The number of methoxy groups -OCH3 is 2. The minimum Gasteiger partial charge on any atom is -0.497 e. The molecule has 0 amide bonds. The maximum Gasteiger partial charge on any atom is 0.119 e. The van der Waals surface area contributed by atoms with E-state index in [1.807, 2.05) is 12.1 Å². The molecule has 2 N–H and O–H groups in total. The Morgan fingerprint density at radius 1 is 0.514 bits per heavy atom. The number of ether oxygens (including phenoxy) is 4. The van der Waals surface area contributed by atoms with Gasteiger partial charge in [0.2, 0.25) is 0 Å². The molecule has 0 heterocycles. The molecule has 0 aliphatic rings. The summed E-state index contributed by atoms with van der Waals surface area (Å²) in [5.74, 6) is 1.77. The number of benzene rings is 4. The lowest BCUT2D eigenvalue weighted by Gasteiger charge is -2.09. The van der Waals surface area contributed by atoms with Crippen LogP contribution in [0.2, 0.25) is 0 Å². The van der Waals surface area contributed by atoms with Crippen LogP contribution in [0.5, 0.6) is 11.5 Å². The van der Waals surface area contributed by atoms with Gasteiger partial charge in [-0.1, -0.05) is 36.4 Å². The van der Waals surface area contributed by atoms with Crippen LogP contribution in [0.25, 0.3) is 21.5 Å². The topological polar surface area (TPSA) is 61.0 Å². The Morgan fingerprint density at radius 3 is 1.35 bits per heavy atom. The third-order valence-electron chi connectivity index (χ3n) is 6.10. The Labute approximate surface area is 225 Å². The molecule has 6 nitrogen and oxygen atoms in total. The van der Waals surface area contributed by atoms with E-state index in [2.05, 4.69) is 71.3 Å². The summed E-state index contributed by atoms with van der Waals surface area (Å²) in [6.07, 6.45) is 0. The first-order valence-corrected chi connectivity index (χ1v) is 12.5. The zero-order chi connectivity index (χ0) is 25.0. The van der Waals surface area contributed by atoms with Crippen LogP contribution in [-0.2, 0) is 22.6 Å². The SMILES string of the molecule is COc1ccc2cc(CNCCOCCOCCNCc3ccc4cc(OC)ccc4c3)ccc2c1.Cl. The molecule has 0 saturated heterocycles. The van der Waals surface area contributed by atoms with Gasteiger partial charge in [0.15, 0.2) is 0 Å². The van der Waals surface area contributed by atoms with Crippen molar-refractivity contribution in [3.63, 3.8) is 0 Å². The average Bonchev–Trinajstić information content (AvgIpc) is 2.92. The first kappa shape index (κ1) is 28.7. The van der Waals surface area contributed by atoms with Gasteiger partial charge in [-0.05, 0) is 69.1 Å². The second-order valence-electron chi connectivity index (χ2n) is 8.67. The average molecular weight is 525 g/mol. The predicted octanol–water partition coefficient (Wildman–Crippen LogP) is 5.34. The maximum absolute atomic E-state index is 5.67. The van der Waals surface area contributed by atoms with Crippen molar-refractivity contribution in [1.29, 1.82) is 0 Å². The Bertz CT molecular complexity index is 1150. The van der Waals surface area contributed by atoms with Crippen LogP contribution in [0.3, 0.4) is 0 Å². The molecule has 0 radical (unpaired) electrons. The lowest BCUT2D eigenvalue weighted by Crippen LogP contribution is -2.22. The standard InChI is InChI=1S/C30H36N2O4.ClH/c1-33-29-9-7-25-17-23(3-5-27(25)19-29)21-31-11-13-35-15-16-36-14-12-32-22-24-4-6-28-20-30(34-2)10-8-26(28)18-24;/h3-10,17-20,31-32H,11-16,21-22H2,1-2H3;1H. The molecule has 7 heteroatoms. The molecular formula is C30H37ClN2O4. The van der Waals surface area contributed by atoms with Crippen LogP contribution in [0.1, 0.15) is 11.1 Å². The van der Waals surface area contributed by atoms with E-state index in [4.69, 9.17) is 18.9 Å². The summed E-state index contributed by atoms with van der Waals surface area (Å²) >= 11 is 0. The van der Waals surface area contributed by atoms with Gasteiger partial charge in [-0.2, -0.15) is 0 Å². The normalized spacial score (nSPS) is 11.0. The van der Waals surface area contributed by atoms with Crippen molar-refractivity contribution < 1.29 is 18.9 Å². The molecule has 0 atom stereocenters. The fourth-order valence-electron chi connectivity index (χ4n) is 4.10. The van der Waals surface area contributed by atoms with Crippen LogP contribution >= 0.6 is 12.4 Å². The lowest BCUT2D eigenvalue weighted by atomic mass is 10.1. The molecule has 0 unspecified atom stereocenters. The number of fused-ring (bicyclic) bond motifs is 2. The number of halogens is 1. The lowest BCUT2D eigenvalue weighted by molar-refractivity contribution is 0.0498. The smallest absolute Gasteiger partial charge is 0.119 e. The Morgan fingerprint density at radius 2 is 0.919 bits per heavy atom. The summed E-state index contributed by atoms with van der Waals surface area (Å²) in [4.78, 5) is 0. The Hall–Kier alpha value is -2.87. The summed E-state index contributed by atoms with van der Waals surface area (Å²) in [5.41, 5.74) is 2.51. The van der Waals surface area contributed by atoms with Crippen molar-refractivity contribution in [2.45, 2.75) is 13.1 Å². The molecule has 0 aromatic heterocycles. The van der Waals surface area contributed by atoms with Crippen LogP contribution in [-0.4, -0.2) is 53.7 Å². The third kappa shape index (κ3) is 8.88. The maximum atomic E-state index is 5.67. The molecule has 198 valence electrons. The van der Waals surface area contributed by atoms with Gasteiger partial charge < -0.3 is 29.6 Å². The van der Waals surface area contributed by atoms with Crippen molar-refractivity contribution in [1.82, 2.24) is 10.6 Å². The van der Waals surface area contributed by atoms with Gasteiger partial charge in [-0.25, -0.2) is 0 Å². The van der Waals surface area contributed by atoms with Gasteiger partial charge in [0, 0.05) is 26.2 Å². The molecule has 0 aliphatic heterocycles. The van der Waals surface area contributed by atoms with Crippen LogP contribution < -0.4 is 20.1 Å². The van der Waals surface area contributed by atoms with Gasteiger partial charge in [-0.15, -0.1) is 12.4 Å². The largest absolute Gasteiger partial charge is 0.497 e.